The SMILES string of the molecule is CCCCCCCCCCCCC=CC=CCCC=CC(O)C(COC1OC(CO)C(O)C(O)C1O)NC(=O)C(O)CCCCCCCCCCC. The van der Waals surface area contributed by atoms with E-state index in [4.69, 9.17) is 9.47 Å². The molecule has 1 aliphatic heterocycles. The van der Waals surface area contributed by atoms with Gasteiger partial charge in [-0.15, -0.1) is 0 Å². The third-order valence-electron chi connectivity index (χ3n) is 9.85. The summed E-state index contributed by atoms with van der Waals surface area (Å²) in [5.74, 6) is -0.637. The van der Waals surface area contributed by atoms with Gasteiger partial charge in [0.2, 0.25) is 5.91 Å². The van der Waals surface area contributed by atoms with E-state index >= 15 is 0 Å². The maximum absolute atomic E-state index is 12.9. The molecule has 0 radical (unpaired) electrons. The number of ether oxygens (including phenoxy) is 2. The van der Waals surface area contributed by atoms with Gasteiger partial charge in [-0.1, -0.05) is 166 Å². The monoisotopic (exact) mass is 740 g/mol. The van der Waals surface area contributed by atoms with Crippen LogP contribution < -0.4 is 5.32 Å². The van der Waals surface area contributed by atoms with Crippen LogP contribution in [0.15, 0.2) is 36.5 Å². The van der Waals surface area contributed by atoms with Crippen molar-refractivity contribution in [1.82, 2.24) is 5.32 Å². The van der Waals surface area contributed by atoms with Crippen LogP contribution in [0.1, 0.15) is 162 Å². The largest absolute Gasteiger partial charge is 0.394 e. The lowest BCUT2D eigenvalue weighted by Gasteiger charge is -2.40. The maximum atomic E-state index is 12.9. The third kappa shape index (κ3) is 23.2. The molecular weight excluding hydrogens is 662 g/mol. The number of nitrogens with one attached hydrogen (secondary N) is 1. The fraction of sp³-hybridized carbons (Fsp3) is 0.833. The van der Waals surface area contributed by atoms with Crippen LogP contribution in [0.5, 0.6) is 0 Å². The molecule has 304 valence electrons. The molecular formula is C42H77NO9. The molecule has 52 heavy (non-hydrogen) atoms. The van der Waals surface area contributed by atoms with Gasteiger partial charge in [-0.25, -0.2) is 0 Å². The highest BCUT2D eigenvalue weighted by atomic mass is 16.7. The van der Waals surface area contributed by atoms with E-state index in [1.165, 1.54) is 96.3 Å². The summed E-state index contributed by atoms with van der Waals surface area (Å²) in [5.41, 5.74) is 0. The molecule has 1 heterocycles. The fourth-order valence-corrected chi connectivity index (χ4v) is 6.35. The van der Waals surface area contributed by atoms with Gasteiger partial charge in [-0.2, -0.15) is 0 Å². The Balaban J connectivity index is 2.52. The Morgan fingerprint density at radius 3 is 1.73 bits per heavy atom. The predicted octanol–water partition coefficient (Wildman–Crippen LogP) is 6.69. The molecule has 1 saturated heterocycles. The lowest BCUT2D eigenvalue weighted by Crippen LogP contribution is -2.60. The van der Waals surface area contributed by atoms with E-state index in [9.17, 15) is 35.4 Å². The van der Waals surface area contributed by atoms with Gasteiger partial charge in [0, 0.05) is 0 Å². The number of amides is 1. The first-order valence-corrected chi connectivity index (χ1v) is 20.8. The first-order valence-electron chi connectivity index (χ1n) is 20.8. The van der Waals surface area contributed by atoms with Gasteiger partial charge in [0.15, 0.2) is 6.29 Å². The van der Waals surface area contributed by atoms with Crippen molar-refractivity contribution in [2.75, 3.05) is 13.2 Å². The van der Waals surface area contributed by atoms with Crippen molar-refractivity contribution in [3.8, 4) is 0 Å². The van der Waals surface area contributed by atoms with Gasteiger partial charge in [0.25, 0.3) is 0 Å². The molecule has 1 rings (SSSR count). The molecule has 0 aromatic carbocycles. The van der Waals surface area contributed by atoms with E-state index in [0.717, 1.165) is 32.1 Å². The molecule has 0 aromatic heterocycles. The number of rotatable bonds is 33. The average Bonchev–Trinajstić information content (AvgIpc) is 3.14. The summed E-state index contributed by atoms with van der Waals surface area (Å²) in [4.78, 5) is 12.9. The molecule has 10 nitrogen and oxygen atoms in total. The number of hydrogen-bond acceptors (Lipinski definition) is 9. The second-order valence-corrected chi connectivity index (χ2v) is 14.6. The van der Waals surface area contributed by atoms with Crippen molar-refractivity contribution in [3.05, 3.63) is 36.5 Å². The summed E-state index contributed by atoms with van der Waals surface area (Å²) in [6.07, 6.45) is 28.2. The number of unbranched alkanes of at least 4 members (excludes halogenated alkanes) is 19. The van der Waals surface area contributed by atoms with Gasteiger partial charge in [0.1, 0.15) is 30.5 Å². The van der Waals surface area contributed by atoms with Crippen molar-refractivity contribution >= 4 is 5.91 Å². The minimum atomic E-state index is -1.62. The van der Waals surface area contributed by atoms with Crippen LogP contribution in [0.25, 0.3) is 0 Å². The Morgan fingerprint density at radius 2 is 1.17 bits per heavy atom. The standard InChI is InChI=1S/C42H77NO9/c1-3-5-7-9-11-13-14-15-16-17-18-19-20-21-23-24-26-28-30-35(45)34(33-51-42-40(49)39(48)38(47)37(32-44)52-42)43-41(50)36(46)31-29-27-25-22-12-10-8-6-4-2/h19-21,23,28,30,34-40,42,44-49H,3-18,22,24-27,29,31-33H2,1-2H3,(H,43,50). The Hall–Kier alpha value is -1.63. The molecule has 7 N–H and O–H groups in total. The molecule has 1 fully saturated rings. The first-order chi connectivity index (χ1) is 25.3. The summed E-state index contributed by atoms with van der Waals surface area (Å²) >= 11 is 0. The first kappa shape index (κ1) is 48.4. The lowest BCUT2D eigenvalue weighted by molar-refractivity contribution is -0.302. The molecule has 0 bridgehead atoms. The van der Waals surface area contributed by atoms with E-state index in [2.05, 4.69) is 37.4 Å². The highest BCUT2D eigenvalue weighted by Gasteiger charge is 2.44. The zero-order valence-electron chi connectivity index (χ0n) is 32.7. The number of carbonyl (C=O) groups is 1. The van der Waals surface area contributed by atoms with Crippen molar-refractivity contribution in [3.63, 3.8) is 0 Å². The van der Waals surface area contributed by atoms with Crippen molar-refractivity contribution in [2.45, 2.75) is 210 Å². The van der Waals surface area contributed by atoms with E-state index < -0.39 is 61.5 Å². The molecule has 10 heteroatoms. The minimum Gasteiger partial charge on any atom is -0.394 e. The Morgan fingerprint density at radius 1 is 0.673 bits per heavy atom. The summed E-state index contributed by atoms with van der Waals surface area (Å²) < 4.78 is 11.1. The van der Waals surface area contributed by atoms with E-state index in [0.29, 0.717) is 19.3 Å². The van der Waals surface area contributed by atoms with Gasteiger partial charge in [-0.3, -0.25) is 4.79 Å². The van der Waals surface area contributed by atoms with Gasteiger partial charge in [0.05, 0.1) is 25.4 Å². The van der Waals surface area contributed by atoms with E-state index in [1.807, 2.05) is 12.2 Å². The minimum absolute atomic E-state index is 0.300. The normalized spacial score (nSPS) is 22.8. The predicted molar refractivity (Wildman–Crippen MR) is 209 cm³/mol. The lowest BCUT2D eigenvalue weighted by atomic mass is 9.99. The van der Waals surface area contributed by atoms with Crippen LogP contribution in [0.4, 0.5) is 0 Å². The van der Waals surface area contributed by atoms with Crippen LogP contribution in [-0.2, 0) is 14.3 Å². The third-order valence-corrected chi connectivity index (χ3v) is 9.85. The molecule has 1 amide bonds. The van der Waals surface area contributed by atoms with Crippen LogP contribution in [0, 0.1) is 0 Å². The Labute approximate surface area is 315 Å². The van der Waals surface area contributed by atoms with Crippen LogP contribution in [-0.4, -0.2) is 98.7 Å². The second-order valence-electron chi connectivity index (χ2n) is 14.6. The quantitative estimate of drug-likeness (QED) is 0.0220. The second kappa shape index (κ2) is 32.8. The number of carbonyl (C=O) groups excluding carboxylic acids is 1. The van der Waals surface area contributed by atoms with Gasteiger partial charge >= 0.3 is 0 Å². The van der Waals surface area contributed by atoms with E-state index in [1.54, 1.807) is 6.08 Å². The summed E-state index contributed by atoms with van der Waals surface area (Å²) in [6, 6.07) is -1.00. The number of allylic oxidation sites excluding steroid dienone is 5. The van der Waals surface area contributed by atoms with Crippen molar-refractivity contribution in [1.29, 1.82) is 0 Å². The highest BCUT2D eigenvalue weighted by Crippen LogP contribution is 2.22. The van der Waals surface area contributed by atoms with Crippen LogP contribution in [0.3, 0.4) is 0 Å². The smallest absolute Gasteiger partial charge is 0.249 e. The molecule has 8 unspecified atom stereocenters. The zero-order chi connectivity index (χ0) is 38.2. The van der Waals surface area contributed by atoms with E-state index in [-0.39, 0.29) is 6.61 Å². The van der Waals surface area contributed by atoms with Crippen LogP contribution in [0.2, 0.25) is 0 Å². The Kier molecular flexibility index (Phi) is 30.5. The van der Waals surface area contributed by atoms with Crippen molar-refractivity contribution in [2.24, 2.45) is 0 Å². The average molecular weight is 740 g/mol. The fourth-order valence-electron chi connectivity index (χ4n) is 6.35. The number of hydrogen-bond donors (Lipinski definition) is 7. The molecule has 8 atom stereocenters. The number of aliphatic hydroxyl groups is 6. The number of aliphatic hydroxyl groups excluding tert-OH is 6. The maximum Gasteiger partial charge on any atom is 0.249 e. The highest BCUT2D eigenvalue weighted by molar-refractivity contribution is 5.80. The molecule has 1 aliphatic rings. The molecule has 0 saturated carbocycles. The zero-order valence-corrected chi connectivity index (χ0v) is 32.7. The van der Waals surface area contributed by atoms with Crippen molar-refractivity contribution < 1.29 is 44.9 Å². The molecule has 0 aromatic rings. The summed E-state index contributed by atoms with van der Waals surface area (Å²) in [7, 11) is 0. The van der Waals surface area contributed by atoms with Crippen LogP contribution >= 0.6 is 0 Å². The molecule has 0 aliphatic carbocycles. The van der Waals surface area contributed by atoms with Gasteiger partial charge < -0.3 is 45.4 Å². The van der Waals surface area contributed by atoms with Gasteiger partial charge in [-0.05, 0) is 32.1 Å². The molecule has 0 spiro atoms. The Bertz CT molecular complexity index is 927. The topological polar surface area (TPSA) is 169 Å². The summed E-state index contributed by atoms with van der Waals surface area (Å²) in [5, 5.41) is 64.3. The summed E-state index contributed by atoms with van der Waals surface area (Å²) in [6.45, 7) is 3.52.